The van der Waals surface area contributed by atoms with Crippen LogP contribution < -0.4 is 10.6 Å². The van der Waals surface area contributed by atoms with Gasteiger partial charge in [0.05, 0.1) is 6.54 Å². The van der Waals surface area contributed by atoms with E-state index < -0.39 is 6.03 Å². The van der Waals surface area contributed by atoms with Crippen molar-refractivity contribution in [2.75, 3.05) is 13.6 Å². The molecule has 0 bridgehead atoms. The molecule has 0 aromatic heterocycles. The van der Waals surface area contributed by atoms with E-state index >= 15 is 0 Å². The number of carbonyl (C=O) groups is 2. The molecule has 0 saturated heterocycles. The molecule has 0 heterocycles. The number of likely N-dealkylation sites (N-methyl/N-ethyl adjacent to an activating group) is 1. The Balaban J connectivity index is 1.51. The Morgan fingerprint density at radius 2 is 1.87 bits per heavy atom. The minimum absolute atomic E-state index is 0.185. The lowest BCUT2D eigenvalue weighted by Gasteiger charge is -2.16. The lowest BCUT2D eigenvalue weighted by molar-refractivity contribution is -0.120. The van der Waals surface area contributed by atoms with Gasteiger partial charge in [-0.2, -0.15) is 0 Å². The molecule has 3 amide bonds. The fourth-order valence-electron chi connectivity index (χ4n) is 2.57. The minimum atomic E-state index is -0.392. The third-order valence-corrected chi connectivity index (χ3v) is 3.85. The largest absolute Gasteiger partial charge is 0.335 e. The molecule has 1 fully saturated rings. The van der Waals surface area contributed by atoms with Crippen LogP contribution in [0.2, 0.25) is 0 Å². The summed E-state index contributed by atoms with van der Waals surface area (Å²) in [6.45, 7) is 0.841. The van der Waals surface area contributed by atoms with Gasteiger partial charge in [0.1, 0.15) is 0 Å². The highest BCUT2D eigenvalue weighted by Crippen LogP contribution is 2.18. The highest BCUT2D eigenvalue weighted by Gasteiger charge is 2.24. The van der Waals surface area contributed by atoms with Crippen molar-refractivity contribution in [1.82, 2.24) is 15.5 Å². The lowest BCUT2D eigenvalue weighted by atomic mass is 10.1. The number of imide groups is 1. The molecule has 120 valence electrons. The number of carbonyl (C=O) groups excluding carboxylic acids is 2. The highest BCUT2D eigenvalue weighted by atomic mass is 16.2. The van der Waals surface area contributed by atoms with Crippen LogP contribution in [-0.4, -0.2) is 36.5 Å². The molecule has 0 aliphatic heterocycles. The smallest absolute Gasteiger partial charge is 0.321 e. The summed E-state index contributed by atoms with van der Waals surface area (Å²) < 4.78 is 0. The van der Waals surface area contributed by atoms with Gasteiger partial charge in [-0.15, -0.1) is 0 Å². The van der Waals surface area contributed by atoms with Crippen LogP contribution >= 0.6 is 0 Å². The third-order valence-electron chi connectivity index (χ3n) is 3.85. The first kappa shape index (κ1) is 15.5. The first-order valence-electron chi connectivity index (χ1n) is 7.87. The molecule has 1 saturated carbocycles. The average Bonchev–Trinajstić information content (AvgIpc) is 3.30. The SMILES string of the molecule is CN(CC(=O)NC(=O)NC1CC1)Cc1ccc2ccccc2c1. The standard InChI is InChI=1S/C18H21N3O2/c1-21(12-17(22)20-18(23)19-16-8-9-16)11-13-6-7-14-4-2-3-5-15(14)10-13/h2-7,10,16H,8-9,11-12H2,1H3,(H2,19,20,22,23). The number of hydrogen-bond acceptors (Lipinski definition) is 3. The van der Waals surface area contributed by atoms with Gasteiger partial charge in [0.2, 0.25) is 5.91 Å². The predicted octanol–water partition coefficient (Wildman–Crippen LogP) is 2.26. The summed E-state index contributed by atoms with van der Waals surface area (Å²) in [5.74, 6) is -0.286. The van der Waals surface area contributed by atoms with Crippen LogP contribution in [0.25, 0.3) is 10.8 Å². The predicted molar refractivity (Wildman–Crippen MR) is 90.0 cm³/mol. The summed E-state index contributed by atoms with van der Waals surface area (Å²) in [5.41, 5.74) is 1.14. The van der Waals surface area contributed by atoms with Gasteiger partial charge in [-0.25, -0.2) is 4.79 Å². The number of rotatable bonds is 5. The molecule has 0 atom stereocenters. The molecule has 2 N–H and O–H groups in total. The van der Waals surface area contributed by atoms with Gasteiger partial charge in [0.25, 0.3) is 0 Å². The summed E-state index contributed by atoms with van der Waals surface area (Å²) in [5, 5.41) is 7.49. The summed E-state index contributed by atoms with van der Waals surface area (Å²) in [7, 11) is 1.87. The van der Waals surface area contributed by atoms with E-state index in [4.69, 9.17) is 0 Å². The fourth-order valence-corrected chi connectivity index (χ4v) is 2.57. The summed E-state index contributed by atoms with van der Waals surface area (Å²) in [6.07, 6.45) is 2.01. The van der Waals surface area contributed by atoms with Crippen LogP contribution in [0.5, 0.6) is 0 Å². The molecular weight excluding hydrogens is 290 g/mol. The Hall–Kier alpha value is -2.40. The van der Waals surface area contributed by atoms with Crippen LogP contribution in [0.1, 0.15) is 18.4 Å². The monoisotopic (exact) mass is 311 g/mol. The maximum Gasteiger partial charge on any atom is 0.321 e. The normalized spacial score (nSPS) is 14.0. The number of nitrogens with zero attached hydrogens (tertiary/aromatic N) is 1. The zero-order chi connectivity index (χ0) is 16.2. The van der Waals surface area contributed by atoms with Crippen LogP contribution in [0.3, 0.4) is 0 Å². The van der Waals surface area contributed by atoms with E-state index in [9.17, 15) is 9.59 Å². The first-order valence-corrected chi connectivity index (χ1v) is 7.87. The molecule has 23 heavy (non-hydrogen) atoms. The van der Waals surface area contributed by atoms with Crippen LogP contribution in [0.4, 0.5) is 4.79 Å². The summed E-state index contributed by atoms with van der Waals surface area (Å²) >= 11 is 0. The third kappa shape index (κ3) is 4.53. The number of nitrogens with one attached hydrogen (secondary N) is 2. The average molecular weight is 311 g/mol. The van der Waals surface area contributed by atoms with E-state index in [1.54, 1.807) is 0 Å². The second-order valence-electron chi connectivity index (χ2n) is 6.15. The van der Waals surface area contributed by atoms with E-state index in [0.717, 1.165) is 18.4 Å². The molecule has 0 spiro atoms. The zero-order valence-corrected chi connectivity index (χ0v) is 13.2. The number of urea groups is 1. The Morgan fingerprint density at radius 3 is 2.61 bits per heavy atom. The molecule has 3 rings (SSSR count). The van der Waals surface area contributed by atoms with Crippen molar-refractivity contribution in [2.24, 2.45) is 0 Å². The second kappa shape index (κ2) is 6.79. The van der Waals surface area contributed by atoms with Gasteiger partial charge in [0, 0.05) is 12.6 Å². The van der Waals surface area contributed by atoms with Gasteiger partial charge < -0.3 is 5.32 Å². The van der Waals surface area contributed by atoms with E-state index in [-0.39, 0.29) is 18.5 Å². The number of hydrogen-bond donors (Lipinski definition) is 2. The lowest BCUT2D eigenvalue weighted by Crippen LogP contribution is -2.44. The maximum atomic E-state index is 11.9. The molecule has 0 radical (unpaired) electrons. The molecule has 2 aromatic rings. The van der Waals surface area contributed by atoms with Crippen molar-refractivity contribution in [3.63, 3.8) is 0 Å². The molecule has 5 nitrogen and oxygen atoms in total. The minimum Gasteiger partial charge on any atom is -0.335 e. The van der Waals surface area contributed by atoms with Crippen molar-refractivity contribution < 1.29 is 9.59 Å². The van der Waals surface area contributed by atoms with E-state index in [1.165, 1.54) is 10.8 Å². The highest BCUT2D eigenvalue weighted by molar-refractivity contribution is 5.95. The van der Waals surface area contributed by atoms with Gasteiger partial charge in [0.15, 0.2) is 0 Å². The second-order valence-corrected chi connectivity index (χ2v) is 6.15. The Morgan fingerprint density at radius 1 is 1.13 bits per heavy atom. The van der Waals surface area contributed by atoms with Crippen LogP contribution in [0.15, 0.2) is 42.5 Å². The Bertz CT molecular complexity index is 725. The van der Waals surface area contributed by atoms with Crippen molar-refractivity contribution in [3.05, 3.63) is 48.0 Å². The van der Waals surface area contributed by atoms with Gasteiger partial charge >= 0.3 is 6.03 Å². The van der Waals surface area contributed by atoms with Crippen molar-refractivity contribution in [1.29, 1.82) is 0 Å². The van der Waals surface area contributed by atoms with Gasteiger partial charge in [-0.3, -0.25) is 15.0 Å². The van der Waals surface area contributed by atoms with Crippen molar-refractivity contribution in [2.45, 2.75) is 25.4 Å². The van der Waals surface area contributed by atoms with E-state index in [1.807, 2.05) is 24.1 Å². The molecule has 0 unspecified atom stereocenters. The van der Waals surface area contributed by atoms with Crippen molar-refractivity contribution >= 4 is 22.7 Å². The molecular formula is C18H21N3O2. The number of benzene rings is 2. The van der Waals surface area contributed by atoms with Crippen molar-refractivity contribution in [3.8, 4) is 0 Å². The molecule has 1 aliphatic carbocycles. The fraction of sp³-hybridized carbons (Fsp3) is 0.333. The van der Waals surface area contributed by atoms with Gasteiger partial charge in [-0.1, -0.05) is 36.4 Å². The number of fused-ring (bicyclic) bond motifs is 1. The van der Waals surface area contributed by atoms with Crippen LogP contribution in [0, 0.1) is 0 Å². The summed E-state index contributed by atoms with van der Waals surface area (Å²) in [4.78, 5) is 25.3. The topological polar surface area (TPSA) is 61.4 Å². The zero-order valence-electron chi connectivity index (χ0n) is 13.2. The molecule has 5 heteroatoms. The van der Waals surface area contributed by atoms with Crippen LogP contribution in [-0.2, 0) is 11.3 Å². The first-order chi connectivity index (χ1) is 11.1. The molecule has 1 aliphatic rings. The molecule has 2 aromatic carbocycles. The summed E-state index contributed by atoms with van der Waals surface area (Å²) in [6, 6.07) is 14.3. The maximum absolute atomic E-state index is 11.9. The Labute approximate surface area is 135 Å². The quantitative estimate of drug-likeness (QED) is 0.890. The van der Waals surface area contributed by atoms with Gasteiger partial charge in [-0.05, 0) is 42.3 Å². The Kier molecular flexibility index (Phi) is 4.57. The number of amides is 3. The van der Waals surface area contributed by atoms with E-state index in [0.29, 0.717) is 6.54 Å². The van der Waals surface area contributed by atoms with E-state index in [2.05, 4.69) is 41.0 Å².